The van der Waals surface area contributed by atoms with Crippen molar-refractivity contribution in [3.63, 3.8) is 0 Å². The van der Waals surface area contributed by atoms with E-state index in [-0.39, 0.29) is 12.4 Å². The van der Waals surface area contributed by atoms with E-state index >= 15 is 0 Å². The average molecular weight is 398 g/mol. The van der Waals surface area contributed by atoms with Gasteiger partial charge in [-0.2, -0.15) is 0 Å². The van der Waals surface area contributed by atoms with E-state index < -0.39 is 0 Å². The molecule has 0 spiro atoms. The van der Waals surface area contributed by atoms with E-state index in [2.05, 4.69) is 12.2 Å². The Labute approximate surface area is 175 Å². The molecule has 0 atom stereocenters. The molecule has 1 aromatic rings. The topological polar surface area (TPSA) is 21.3 Å². The first kappa shape index (κ1) is 26.3. The summed E-state index contributed by atoms with van der Waals surface area (Å²) in [5.74, 6) is 0.964. The maximum atomic E-state index is 5.67. The number of para-hydroxylation sites is 1. The van der Waals surface area contributed by atoms with E-state index in [1.807, 2.05) is 30.3 Å². The third-order valence-corrected chi connectivity index (χ3v) is 5.00. The van der Waals surface area contributed by atoms with Gasteiger partial charge in [0.2, 0.25) is 0 Å². The molecule has 0 aliphatic heterocycles. The molecule has 0 saturated heterocycles. The minimum Gasteiger partial charge on any atom is -0.492 e. The van der Waals surface area contributed by atoms with Crippen molar-refractivity contribution >= 4 is 12.4 Å². The molecule has 0 aliphatic rings. The Hall–Kier alpha value is -0.730. The molecule has 27 heavy (non-hydrogen) atoms. The number of ether oxygens (including phenoxy) is 1. The molecule has 0 aromatic heterocycles. The molecule has 0 fully saturated rings. The van der Waals surface area contributed by atoms with Crippen molar-refractivity contribution in [1.29, 1.82) is 0 Å². The number of unbranched alkanes of at least 4 members (excludes halogenated alkanes) is 13. The average Bonchev–Trinajstić information content (AvgIpc) is 2.68. The Morgan fingerprint density at radius 3 is 1.63 bits per heavy atom. The summed E-state index contributed by atoms with van der Waals surface area (Å²) in [5, 5.41) is 3.47. The van der Waals surface area contributed by atoms with Crippen molar-refractivity contribution < 1.29 is 4.74 Å². The van der Waals surface area contributed by atoms with Crippen molar-refractivity contribution in [2.24, 2.45) is 0 Å². The van der Waals surface area contributed by atoms with Crippen LogP contribution in [0.4, 0.5) is 0 Å². The molecule has 3 heteroatoms. The van der Waals surface area contributed by atoms with Gasteiger partial charge in [0.15, 0.2) is 0 Å². The molecular weight excluding hydrogens is 354 g/mol. The highest BCUT2D eigenvalue weighted by molar-refractivity contribution is 5.85. The summed E-state index contributed by atoms with van der Waals surface area (Å²) in [5.41, 5.74) is 0. The lowest BCUT2D eigenvalue weighted by Crippen LogP contribution is -2.22. The summed E-state index contributed by atoms with van der Waals surface area (Å²) >= 11 is 0. The lowest BCUT2D eigenvalue weighted by Gasteiger charge is -2.07. The zero-order chi connectivity index (χ0) is 18.5. The van der Waals surface area contributed by atoms with Crippen LogP contribution in [0.3, 0.4) is 0 Å². The largest absolute Gasteiger partial charge is 0.492 e. The van der Waals surface area contributed by atoms with Crippen LogP contribution in [-0.2, 0) is 0 Å². The normalized spacial score (nSPS) is 10.6. The predicted octanol–water partition coefficient (Wildman–Crippen LogP) is 7.56. The molecule has 1 aromatic carbocycles. The highest BCUT2D eigenvalue weighted by atomic mass is 35.5. The fraction of sp³-hybridized carbons (Fsp3) is 0.750. The smallest absolute Gasteiger partial charge is 0.119 e. The Morgan fingerprint density at radius 1 is 0.630 bits per heavy atom. The lowest BCUT2D eigenvalue weighted by molar-refractivity contribution is 0.313. The van der Waals surface area contributed by atoms with Crippen LogP contribution in [0.1, 0.15) is 96.8 Å². The quantitative estimate of drug-likeness (QED) is 0.243. The van der Waals surface area contributed by atoms with Crippen LogP contribution in [-0.4, -0.2) is 19.7 Å². The number of hydrogen-bond donors (Lipinski definition) is 1. The maximum absolute atomic E-state index is 5.67. The molecule has 0 saturated carbocycles. The van der Waals surface area contributed by atoms with Crippen molar-refractivity contribution in [2.75, 3.05) is 19.7 Å². The highest BCUT2D eigenvalue weighted by Gasteiger charge is 1.95. The number of nitrogens with one attached hydrogen (secondary N) is 1. The van der Waals surface area contributed by atoms with Gasteiger partial charge >= 0.3 is 0 Å². The number of hydrogen-bond acceptors (Lipinski definition) is 2. The van der Waals surface area contributed by atoms with Gasteiger partial charge in [-0.3, -0.25) is 0 Å². The van der Waals surface area contributed by atoms with E-state index in [4.69, 9.17) is 4.74 Å². The second-order valence-electron chi connectivity index (χ2n) is 7.51. The molecule has 2 nitrogen and oxygen atoms in total. The lowest BCUT2D eigenvalue weighted by atomic mass is 10.0. The van der Waals surface area contributed by atoms with E-state index in [1.54, 1.807) is 0 Å². The fourth-order valence-electron chi connectivity index (χ4n) is 3.33. The van der Waals surface area contributed by atoms with E-state index in [9.17, 15) is 0 Å². The van der Waals surface area contributed by atoms with Crippen LogP contribution in [0.15, 0.2) is 30.3 Å². The molecule has 0 unspecified atom stereocenters. The maximum Gasteiger partial charge on any atom is 0.119 e. The van der Waals surface area contributed by atoms with Crippen molar-refractivity contribution in [3.05, 3.63) is 30.3 Å². The molecule has 0 amide bonds. The van der Waals surface area contributed by atoms with Gasteiger partial charge in [-0.25, -0.2) is 0 Å². The molecule has 0 bridgehead atoms. The van der Waals surface area contributed by atoms with Crippen LogP contribution in [0.5, 0.6) is 5.75 Å². The summed E-state index contributed by atoms with van der Waals surface area (Å²) in [6.45, 7) is 5.10. The standard InChI is InChI=1S/C24H43NO.ClH/c1-2-3-4-5-6-7-8-9-10-11-12-13-14-18-21-25-22-23-26-24-19-16-15-17-20-24;/h15-17,19-20,25H,2-14,18,21-23H2,1H3;1H. The summed E-state index contributed by atoms with van der Waals surface area (Å²) in [7, 11) is 0. The second kappa shape index (κ2) is 21.6. The van der Waals surface area contributed by atoms with Gasteiger partial charge < -0.3 is 10.1 Å². The molecular formula is C24H44ClNO. The first-order valence-corrected chi connectivity index (χ1v) is 11.3. The van der Waals surface area contributed by atoms with Crippen molar-refractivity contribution in [3.8, 4) is 5.75 Å². The molecule has 158 valence electrons. The van der Waals surface area contributed by atoms with Crippen LogP contribution in [0.25, 0.3) is 0 Å². The van der Waals surface area contributed by atoms with Crippen LogP contribution in [0.2, 0.25) is 0 Å². The summed E-state index contributed by atoms with van der Waals surface area (Å²) in [4.78, 5) is 0. The van der Waals surface area contributed by atoms with Crippen molar-refractivity contribution in [1.82, 2.24) is 5.32 Å². The Morgan fingerprint density at radius 2 is 1.11 bits per heavy atom. The monoisotopic (exact) mass is 397 g/mol. The Kier molecular flexibility index (Phi) is 21.0. The van der Waals surface area contributed by atoms with Crippen LogP contribution >= 0.6 is 12.4 Å². The zero-order valence-corrected chi connectivity index (χ0v) is 18.5. The minimum absolute atomic E-state index is 0. The summed E-state index contributed by atoms with van der Waals surface area (Å²) in [6.07, 6.45) is 19.9. The highest BCUT2D eigenvalue weighted by Crippen LogP contribution is 2.12. The predicted molar refractivity (Wildman–Crippen MR) is 122 cm³/mol. The Bertz CT molecular complexity index is 385. The van der Waals surface area contributed by atoms with E-state index in [0.29, 0.717) is 0 Å². The first-order valence-electron chi connectivity index (χ1n) is 11.3. The van der Waals surface area contributed by atoms with E-state index in [1.165, 1.54) is 89.9 Å². The summed E-state index contributed by atoms with van der Waals surface area (Å²) < 4.78 is 5.67. The van der Waals surface area contributed by atoms with Crippen LogP contribution in [0, 0.1) is 0 Å². The van der Waals surface area contributed by atoms with Gasteiger partial charge in [0.05, 0.1) is 0 Å². The molecule has 0 radical (unpaired) electrons. The van der Waals surface area contributed by atoms with Gasteiger partial charge in [0, 0.05) is 6.54 Å². The molecule has 1 N–H and O–H groups in total. The molecule has 1 rings (SSSR count). The van der Waals surface area contributed by atoms with Gasteiger partial charge in [0.1, 0.15) is 12.4 Å². The minimum atomic E-state index is 0. The van der Waals surface area contributed by atoms with Crippen molar-refractivity contribution in [2.45, 2.75) is 96.8 Å². The third-order valence-electron chi connectivity index (χ3n) is 5.00. The zero-order valence-electron chi connectivity index (χ0n) is 17.7. The second-order valence-corrected chi connectivity index (χ2v) is 7.51. The Balaban J connectivity index is 0.00000676. The van der Waals surface area contributed by atoms with Gasteiger partial charge in [-0.05, 0) is 25.1 Å². The van der Waals surface area contributed by atoms with Crippen LogP contribution < -0.4 is 10.1 Å². The molecule has 0 heterocycles. The van der Waals surface area contributed by atoms with E-state index in [0.717, 1.165) is 25.4 Å². The van der Waals surface area contributed by atoms with Gasteiger partial charge in [-0.15, -0.1) is 12.4 Å². The summed E-state index contributed by atoms with van der Waals surface area (Å²) in [6, 6.07) is 10.1. The molecule has 0 aliphatic carbocycles. The third kappa shape index (κ3) is 18.4. The number of benzene rings is 1. The fourth-order valence-corrected chi connectivity index (χ4v) is 3.33. The number of rotatable bonds is 19. The number of halogens is 1. The van der Waals surface area contributed by atoms with Gasteiger partial charge in [-0.1, -0.05) is 109 Å². The first-order chi connectivity index (χ1) is 12.9. The van der Waals surface area contributed by atoms with Gasteiger partial charge in [0.25, 0.3) is 0 Å². The SMILES string of the molecule is CCCCCCCCCCCCCCCCNCCOc1ccccc1.Cl.